The summed E-state index contributed by atoms with van der Waals surface area (Å²) in [7, 11) is 1.66. The molecule has 0 spiro atoms. The third-order valence-electron chi connectivity index (χ3n) is 2.17. The third kappa shape index (κ3) is 3.26. The van der Waals surface area contributed by atoms with E-state index in [9.17, 15) is 0 Å². The van der Waals surface area contributed by atoms with Crippen LogP contribution in [0.1, 0.15) is 0 Å². The van der Waals surface area contributed by atoms with Gasteiger partial charge in [0.15, 0.2) is 0 Å². The number of ether oxygens (including phenoxy) is 1. The highest BCUT2D eigenvalue weighted by atomic mass is 127. The fourth-order valence-electron chi connectivity index (χ4n) is 1.33. The van der Waals surface area contributed by atoms with Crippen molar-refractivity contribution < 1.29 is 4.74 Å². The van der Waals surface area contributed by atoms with E-state index in [4.69, 9.17) is 4.74 Å². The van der Waals surface area contributed by atoms with Gasteiger partial charge in [-0.2, -0.15) is 10.2 Å². The number of benzene rings is 2. The maximum atomic E-state index is 5.18. The molecule has 2 rings (SSSR count). The van der Waals surface area contributed by atoms with Crippen molar-refractivity contribution in [3.05, 3.63) is 52.1 Å². The summed E-state index contributed by atoms with van der Waals surface area (Å²) in [6.45, 7) is 0. The number of hydrogen-bond donors (Lipinski definition) is 0. The predicted octanol–water partition coefficient (Wildman–Crippen LogP) is 4.72. The van der Waals surface area contributed by atoms with E-state index in [0.29, 0.717) is 0 Å². The Bertz CT molecular complexity index is 526. The number of nitrogens with zero attached hydrogens (tertiary/aromatic N) is 2. The summed E-state index contributed by atoms with van der Waals surface area (Å²) in [5, 5.41) is 8.33. The van der Waals surface area contributed by atoms with Crippen LogP contribution >= 0.6 is 22.6 Å². The summed E-state index contributed by atoms with van der Waals surface area (Å²) in [5.41, 5.74) is 1.66. The second-order valence-corrected chi connectivity index (χ2v) is 4.52. The Morgan fingerprint density at radius 3 is 2.29 bits per heavy atom. The molecule has 0 fully saturated rings. The lowest BCUT2D eigenvalue weighted by atomic mass is 10.3. The van der Waals surface area contributed by atoms with Gasteiger partial charge in [-0.25, -0.2) is 0 Å². The van der Waals surface area contributed by atoms with Gasteiger partial charge in [0.1, 0.15) is 5.75 Å². The summed E-state index contributed by atoms with van der Waals surface area (Å²) < 4.78 is 6.21. The van der Waals surface area contributed by atoms with Crippen LogP contribution in [0.2, 0.25) is 0 Å². The van der Waals surface area contributed by atoms with E-state index in [-0.39, 0.29) is 0 Å². The van der Waals surface area contributed by atoms with Crippen molar-refractivity contribution in [2.45, 2.75) is 0 Å². The Hall–Kier alpha value is -1.43. The smallest absolute Gasteiger partial charge is 0.132 e. The Morgan fingerprint density at radius 2 is 1.65 bits per heavy atom. The maximum absolute atomic E-state index is 5.18. The second-order valence-electron chi connectivity index (χ2n) is 3.35. The second kappa shape index (κ2) is 5.77. The minimum Gasteiger partial charge on any atom is -0.496 e. The van der Waals surface area contributed by atoms with Crippen LogP contribution < -0.4 is 4.74 Å². The van der Waals surface area contributed by atoms with E-state index in [2.05, 4.69) is 32.8 Å². The van der Waals surface area contributed by atoms with Crippen LogP contribution in [0.5, 0.6) is 5.75 Å². The number of halogens is 1. The molecule has 0 aromatic heterocycles. The molecule has 86 valence electrons. The average molecular weight is 338 g/mol. The van der Waals surface area contributed by atoms with Crippen LogP contribution in [0.15, 0.2) is 58.8 Å². The molecule has 2 aromatic carbocycles. The van der Waals surface area contributed by atoms with Gasteiger partial charge >= 0.3 is 0 Å². The first kappa shape index (κ1) is 12.0. The zero-order valence-corrected chi connectivity index (χ0v) is 11.5. The number of hydrogen-bond acceptors (Lipinski definition) is 3. The minimum atomic E-state index is 0.819. The van der Waals surface area contributed by atoms with Crippen LogP contribution in [0.3, 0.4) is 0 Å². The Balaban J connectivity index is 2.19. The van der Waals surface area contributed by atoms with Gasteiger partial charge in [0.25, 0.3) is 0 Å². The molecule has 0 aliphatic carbocycles. The molecule has 17 heavy (non-hydrogen) atoms. The van der Waals surface area contributed by atoms with Crippen molar-refractivity contribution in [2.75, 3.05) is 7.11 Å². The number of azo groups is 1. The molecule has 2 aromatic rings. The molecule has 0 saturated carbocycles. The lowest BCUT2D eigenvalue weighted by molar-refractivity contribution is 0.412. The van der Waals surface area contributed by atoms with E-state index in [1.54, 1.807) is 7.11 Å². The number of methoxy groups -OCH3 is 1. The normalized spacial score (nSPS) is 10.7. The molecule has 0 aliphatic rings. The molecule has 4 heteroatoms. The van der Waals surface area contributed by atoms with Gasteiger partial charge in [-0.15, -0.1) is 0 Å². The van der Waals surface area contributed by atoms with Crippen LogP contribution in [0.4, 0.5) is 11.4 Å². The van der Waals surface area contributed by atoms with Crippen molar-refractivity contribution in [3.63, 3.8) is 0 Å². The van der Waals surface area contributed by atoms with Gasteiger partial charge in [0, 0.05) is 0 Å². The van der Waals surface area contributed by atoms with E-state index >= 15 is 0 Å². The Labute approximate surface area is 114 Å². The lowest BCUT2D eigenvalue weighted by Crippen LogP contribution is -1.84. The average Bonchev–Trinajstić information content (AvgIpc) is 2.38. The predicted molar refractivity (Wildman–Crippen MR) is 76.3 cm³/mol. The molecule has 3 nitrogen and oxygen atoms in total. The van der Waals surface area contributed by atoms with Gasteiger partial charge in [-0.05, 0) is 52.9 Å². The van der Waals surface area contributed by atoms with E-state index in [0.717, 1.165) is 20.7 Å². The molecule has 0 N–H and O–H groups in total. The topological polar surface area (TPSA) is 34.0 Å². The van der Waals surface area contributed by atoms with Crippen molar-refractivity contribution in [1.29, 1.82) is 0 Å². The summed E-state index contributed by atoms with van der Waals surface area (Å²) in [4.78, 5) is 0. The standard InChI is InChI=1S/C13H11IN2O/c1-17-13-8-7-11(9-12(13)14)16-15-10-5-3-2-4-6-10/h2-9H,1H3. The Morgan fingerprint density at radius 1 is 0.941 bits per heavy atom. The van der Waals surface area contributed by atoms with Gasteiger partial charge in [0.2, 0.25) is 0 Å². The fourth-order valence-corrected chi connectivity index (χ4v) is 2.05. The monoisotopic (exact) mass is 338 g/mol. The SMILES string of the molecule is COc1ccc(N=Nc2ccccc2)cc1I. The molecular weight excluding hydrogens is 327 g/mol. The molecule has 0 bridgehead atoms. The molecular formula is C13H11IN2O. The van der Waals surface area contributed by atoms with E-state index in [1.807, 2.05) is 48.5 Å². The lowest BCUT2D eigenvalue weighted by Gasteiger charge is -2.02. The zero-order valence-electron chi connectivity index (χ0n) is 9.30. The van der Waals surface area contributed by atoms with Gasteiger partial charge < -0.3 is 4.74 Å². The Kier molecular flexibility index (Phi) is 4.08. The zero-order chi connectivity index (χ0) is 12.1. The summed E-state index contributed by atoms with van der Waals surface area (Å²) in [6, 6.07) is 15.4. The molecule has 0 atom stereocenters. The molecule has 0 amide bonds. The fraction of sp³-hybridized carbons (Fsp3) is 0.0769. The first-order valence-corrected chi connectivity index (χ1v) is 6.18. The summed E-state index contributed by atoms with van der Waals surface area (Å²) >= 11 is 2.21. The van der Waals surface area contributed by atoms with Gasteiger partial charge in [0.05, 0.1) is 22.1 Å². The van der Waals surface area contributed by atoms with Crippen molar-refractivity contribution >= 4 is 34.0 Å². The van der Waals surface area contributed by atoms with E-state index in [1.165, 1.54) is 0 Å². The maximum Gasteiger partial charge on any atom is 0.132 e. The highest BCUT2D eigenvalue weighted by Gasteiger charge is 2.00. The highest BCUT2D eigenvalue weighted by molar-refractivity contribution is 14.1. The summed E-state index contributed by atoms with van der Waals surface area (Å²) in [6.07, 6.45) is 0. The van der Waals surface area contributed by atoms with E-state index < -0.39 is 0 Å². The van der Waals surface area contributed by atoms with Gasteiger partial charge in [-0.1, -0.05) is 18.2 Å². The van der Waals surface area contributed by atoms with Crippen LogP contribution in [-0.4, -0.2) is 7.11 Å². The van der Waals surface area contributed by atoms with Crippen LogP contribution in [0.25, 0.3) is 0 Å². The van der Waals surface area contributed by atoms with Crippen molar-refractivity contribution in [1.82, 2.24) is 0 Å². The minimum absolute atomic E-state index is 0.819. The molecule has 0 saturated heterocycles. The largest absolute Gasteiger partial charge is 0.496 e. The first-order valence-electron chi connectivity index (χ1n) is 5.10. The van der Waals surface area contributed by atoms with Gasteiger partial charge in [-0.3, -0.25) is 0 Å². The third-order valence-corrected chi connectivity index (χ3v) is 3.02. The molecule has 0 radical (unpaired) electrons. The molecule has 0 aliphatic heterocycles. The van der Waals surface area contributed by atoms with Crippen LogP contribution in [0, 0.1) is 3.57 Å². The van der Waals surface area contributed by atoms with Crippen molar-refractivity contribution in [3.8, 4) is 5.75 Å². The summed E-state index contributed by atoms with van der Waals surface area (Å²) in [5.74, 6) is 0.851. The highest BCUT2D eigenvalue weighted by Crippen LogP contribution is 2.26. The molecule has 0 heterocycles. The number of rotatable bonds is 3. The van der Waals surface area contributed by atoms with Crippen molar-refractivity contribution in [2.24, 2.45) is 10.2 Å². The first-order chi connectivity index (χ1) is 8.29. The molecule has 0 unspecified atom stereocenters. The van der Waals surface area contributed by atoms with Crippen LogP contribution in [-0.2, 0) is 0 Å². The quantitative estimate of drug-likeness (QED) is 0.589.